The Balaban J connectivity index is 2.02. The fraction of sp³-hybridized carbons (Fsp3) is 0.211. The van der Waals surface area contributed by atoms with E-state index in [0.29, 0.717) is 28.3 Å². The second-order valence-corrected chi connectivity index (χ2v) is 6.04. The Kier molecular flexibility index (Phi) is 4.98. The molecule has 3 rings (SSSR count). The number of H-pyrrole nitrogens is 2. The van der Waals surface area contributed by atoms with Crippen molar-refractivity contribution >= 4 is 11.9 Å². The highest BCUT2D eigenvalue weighted by molar-refractivity contribution is 5.89. The normalized spacial score (nSPS) is 11.9. The molecule has 140 valence electrons. The molecule has 0 fully saturated rings. The van der Waals surface area contributed by atoms with Gasteiger partial charge < -0.3 is 19.4 Å². The van der Waals surface area contributed by atoms with Crippen molar-refractivity contribution in [1.82, 2.24) is 10.2 Å². The Morgan fingerprint density at radius 3 is 2.63 bits per heavy atom. The quantitative estimate of drug-likeness (QED) is 0.573. The number of nitrogens with one attached hydrogen (secondary N) is 2. The molecule has 0 radical (unpaired) electrons. The summed E-state index contributed by atoms with van der Waals surface area (Å²) in [5.74, 6) is -1.31. The number of carboxylic acid groups (broad SMARTS) is 1. The molecule has 0 spiro atoms. The third kappa shape index (κ3) is 3.69. The fourth-order valence-electron chi connectivity index (χ4n) is 2.97. The number of ether oxygens (including phenoxy) is 1. The molecule has 8 heteroatoms. The lowest BCUT2D eigenvalue weighted by molar-refractivity contribution is -0.140. The zero-order valence-corrected chi connectivity index (χ0v) is 14.7. The minimum atomic E-state index is -1.04. The molecule has 1 atom stereocenters. The number of methoxy groups -OCH3 is 1. The molecule has 0 amide bonds. The van der Waals surface area contributed by atoms with E-state index in [1.54, 1.807) is 31.2 Å². The van der Waals surface area contributed by atoms with Crippen molar-refractivity contribution in [1.29, 1.82) is 0 Å². The maximum absolute atomic E-state index is 12.2. The van der Waals surface area contributed by atoms with Gasteiger partial charge in [-0.1, -0.05) is 12.1 Å². The van der Waals surface area contributed by atoms with E-state index in [2.05, 4.69) is 10.2 Å². The Morgan fingerprint density at radius 1 is 1.22 bits per heavy atom. The molecule has 0 aliphatic rings. The van der Waals surface area contributed by atoms with Crippen LogP contribution in [0.15, 0.2) is 45.6 Å². The summed E-state index contributed by atoms with van der Waals surface area (Å²) in [6.45, 7) is 1.72. The number of carboxylic acids is 1. The van der Waals surface area contributed by atoms with Crippen LogP contribution in [0.25, 0.3) is 11.3 Å². The highest BCUT2D eigenvalue weighted by atomic mass is 16.5. The average molecular weight is 370 g/mol. The molecule has 0 saturated heterocycles. The number of hydrogen-bond acceptors (Lipinski definition) is 5. The van der Waals surface area contributed by atoms with Crippen LogP contribution < -0.4 is 5.56 Å². The summed E-state index contributed by atoms with van der Waals surface area (Å²) in [7, 11) is 1.28. The Bertz CT molecular complexity index is 1040. The van der Waals surface area contributed by atoms with Crippen LogP contribution in [0.3, 0.4) is 0 Å². The van der Waals surface area contributed by atoms with Crippen molar-refractivity contribution in [3.05, 3.63) is 69.3 Å². The number of furan rings is 1. The molecule has 1 aromatic carbocycles. The van der Waals surface area contributed by atoms with Gasteiger partial charge in [0.25, 0.3) is 5.56 Å². The molecule has 27 heavy (non-hydrogen) atoms. The lowest BCUT2D eigenvalue weighted by atomic mass is 9.93. The van der Waals surface area contributed by atoms with Crippen LogP contribution >= 0.6 is 0 Å². The van der Waals surface area contributed by atoms with E-state index in [9.17, 15) is 14.4 Å². The van der Waals surface area contributed by atoms with Crippen molar-refractivity contribution in [3.63, 3.8) is 0 Å². The van der Waals surface area contributed by atoms with E-state index >= 15 is 0 Å². The van der Waals surface area contributed by atoms with Crippen molar-refractivity contribution in [2.75, 3.05) is 7.11 Å². The first-order valence-corrected chi connectivity index (χ1v) is 8.18. The van der Waals surface area contributed by atoms with E-state index < -0.39 is 17.9 Å². The van der Waals surface area contributed by atoms with Crippen LogP contribution in [0.5, 0.6) is 0 Å². The molecular formula is C19H18N2O6. The lowest BCUT2D eigenvalue weighted by Gasteiger charge is -2.12. The van der Waals surface area contributed by atoms with Crippen LogP contribution in [0.1, 0.15) is 39.7 Å². The highest BCUT2D eigenvalue weighted by Gasteiger charge is 2.27. The van der Waals surface area contributed by atoms with Crippen molar-refractivity contribution < 1.29 is 23.8 Å². The first-order chi connectivity index (χ1) is 12.9. The summed E-state index contributed by atoms with van der Waals surface area (Å²) in [4.78, 5) is 35.2. The Labute approximate surface area is 153 Å². The summed E-state index contributed by atoms with van der Waals surface area (Å²) >= 11 is 0. The van der Waals surface area contributed by atoms with Gasteiger partial charge in [-0.2, -0.15) is 0 Å². The van der Waals surface area contributed by atoms with E-state index in [0.717, 1.165) is 0 Å². The largest absolute Gasteiger partial charge is 0.478 e. The molecule has 3 N–H and O–H groups in total. The van der Waals surface area contributed by atoms with Gasteiger partial charge in [-0.15, -0.1) is 0 Å². The summed E-state index contributed by atoms with van der Waals surface area (Å²) in [5.41, 5.74) is 1.36. The van der Waals surface area contributed by atoms with Gasteiger partial charge in [-0.3, -0.25) is 14.7 Å². The highest BCUT2D eigenvalue weighted by Crippen LogP contribution is 2.32. The van der Waals surface area contributed by atoms with Crippen molar-refractivity contribution in [2.45, 2.75) is 19.3 Å². The van der Waals surface area contributed by atoms with E-state index in [-0.39, 0.29) is 17.5 Å². The molecule has 3 aromatic rings. The molecule has 0 saturated carbocycles. The number of aryl methyl sites for hydroxylation is 1. The molecule has 0 aliphatic heterocycles. The molecule has 2 aromatic heterocycles. The number of aromatic nitrogens is 2. The zero-order chi connectivity index (χ0) is 19.6. The first kappa shape index (κ1) is 18.2. The number of aromatic carboxylic acids is 1. The van der Waals surface area contributed by atoms with Gasteiger partial charge >= 0.3 is 11.9 Å². The third-order valence-corrected chi connectivity index (χ3v) is 4.32. The zero-order valence-electron chi connectivity index (χ0n) is 14.7. The maximum atomic E-state index is 12.2. The first-order valence-electron chi connectivity index (χ1n) is 8.18. The van der Waals surface area contributed by atoms with Gasteiger partial charge in [0.2, 0.25) is 0 Å². The Hall–Kier alpha value is -3.55. The number of carbonyl (C=O) groups is 2. The summed E-state index contributed by atoms with van der Waals surface area (Å²) in [5, 5.41) is 14.4. The lowest BCUT2D eigenvalue weighted by Crippen LogP contribution is -2.16. The third-order valence-electron chi connectivity index (χ3n) is 4.32. The van der Waals surface area contributed by atoms with Crippen molar-refractivity contribution in [2.24, 2.45) is 0 Å². The van der Waals surface area contributed by atoms with Gasteiger partial charge in [0.15, 0.2) is 0 Å². The molecule has 0 bridgehead atoms. The second kappa shape index (κ2) is 7.36. The van der Waals surface area contributed by atoms with E-state index in [4.69, 9.17) is 14.3 Å². The molecule has 0 unspecified atom stereocenters. The molecule has 2 heterocycles. The minimum Gasteiger partial charge on any atom is -0.478 e. The molecule has 0 aliphatic carbocycles. The summed E-state index contributed by atoms with van der Waals surface area (Å²) in [6.07, 6.45) is -0.0691. The van der Waals surface area contributed by atoms with Gasteiger partial charge in [0, 0.05) is 11.3 Å². The topological polar surface area (TPSA) is 125 Å². The minimum absolute atomic E-state index is 0.0691. The van der Waals surface area contributed by atoms with Crippen LogP contribution in [-0.2, 0) is 9.53 Å². The molecular weight excluding hydrogens is 352 g/mol. The molecule has 8 nitrogen and oxygen atoms in total. The maximum Gasteiger partial charge on any atom is 0.335 e. The predicted octanol–water partition coefficient (Wildman–Crippen LogP) is 2.66. The van der Waals surface area contributed by atoms with Crippen LogP contribution in [0.4, 0.5) is 0 Å². The Morgan fingerprint density at radius 2 is 2.00 bits per heavy atom. The number of benzene rings is 1. The van der Waals surface area contributed by atoms with Crippen LogP contribution in [0, 0.1) is 6.92 Å². The van der Waals surface area contributed by atoms with E-state index in [1.165, 1.54) is 19.2 Å². The number of rotatable bonds is 6. The van der Waals surface area contributed by atoms with Gasteiger partial charge in [0.05, 0.1) is 30.6 Å². The number of aromatic amines is 2. The average Bonchev–Trinajstić information content (AvgIpc) is 3.27. The SMILES string of the molecule is COC(=O)C[C@@H](c1ccc(-c2cccc(C(=O)O)c2)o1)c1c(C)[nH][nH]c1=O. The van der Waals surface area contributed by atoms with Crippen molar-refractivity contribution in [3.8, 4) is 11.3 Å². The number of hydrogen-bond donors (Lipinski definition) is 3. The number of carbonyl (C=O) groups excluding carboxylic acids is 1. The predicted molar refractivity (Wildman–Crippen MR) is 95.7 cm³/mol. The van der Waals surface area contributed by atoms with E-state index in [1.807, 2.05) is 0 Å². The second-order valence-electron chi connectivity index (χ2n) is 6.04. The van der Waals surface area contributed by atoms with Crippen LogP contribution in [-0.4, -0.2) is 34.4 Å². The summed E-state index contributed by atoms with van der Waals surface area (Å²) in [6, 6.07) is 9.67. The monoisotopic (exact) mass is 370 g/mol. The standard InChI is InChI=1S/C19H18N2O6/c1-10-17(18(23)21-20-10)13(9-16(22)26-2)15-7-6-14(27-15)11-4-3-5-12(8-11)19(24)25/h3-8,13H,9H2,1-2H3,(H,24,25)(H2,20,21,23)/t13-/m0/s1. The van der Waals surface area contributed by atoms with Gasteiger partial charge in [-0.05, 0) is 31.2 Å². The van der Waals surface area contributed by atoms with Gasteiger partial charge in [0.1, 0.15) is 11.5 Å². The smallest absolute Gasteiger partial charge is 0.335 e. The summed E-state index contributed by atoms with van der Waals surface area (Å²) < 4.78 is 10.6. The van der Waals surface area contributed by atoms with Gasteiger partial charge in [-0.25, -0.2) is 4.79 Å². The number of esters is 1. The fourth-order valence-corrected chi connectivity index (χ4v) is 2.97. The van der Waals surface area contributed by atoms with Crippen LogP contribution in [0.2, 0.25) is 0 Å².